The molecule has 3 nitrogen and oxygen atoms in total. The molecule has 2 aromatic carbocycles. The highest BCUT2D eigenvalue weighted by Crippen LogP contribution is 2.24. The van der Waals surface area contributed by atoms with Crippen molar-refractivity contribution in [2.24, 2.45) is 0 Å². The maximum atomic E-state index is 12.3. The largest absolute Gasteiger partial charge is 0.352 e. The number of likely N-dealkylation sites (tertiary alicyclic amines) is 1. The zero-order valence-corrected chi connectivity index (χ0v) is 17.2. The van der Waals surface area contributed by atoms with Gasteiger partial charge < -0.3 is 10.2 Å². The quantitative estimate of drug-likeness (QED) is 0.484. The number of hydrogen-bond acceptors (Lipinski definition) is 3. The minimum atomic E-state index is 0.0190. The molecule has 1 heterocycles. The molecular weight excluding hydrogens is 376 g/mol. The second kappa shape index (κ2) is 10.7. The molecule has 3 rings (SSSR count). The number of carbonyl (C=O) groups is 1. The Balaban J connectivity index is 1.38. The van der Waals surface area contributed by atoms with E-state index < -0.39 is 0 Å². The number of benzene rings is 2. The molecule has 0 aromatic heterocycles. The Bertz CT molecular complexity index is 712. The average Bonchev–Trinajstić information content (AvgIpc) is 2.72. The second-order valence-corrected chi connectivity index (χ2v) is 8.44. The molecule has 0 saturated carbocycles. The molecule has 1 fully saturated rings. The zero-order valence-electron chi connectivity index (χ0n) is 15.6. The third kappa shape index (κ3) is 6.87. The van der Waals surface area contributed by atoms with E-state index in [2.05, 4.69) is 10.2 Å². The van der Waals surface area contributed by atoms with Gasteiger partial charge in [-0.3, -0.25) is 4.79 Å². The zero-order chi connectivity index (χ0) is 18.9. The monoisotopic (exact) mass is 402 g/mol. The topological polar surface area (TPSA) is 32.3 Å². The van der Waals surface area contributed by atoms with Crippen LogP contribution in [0.2, 0.25) is 5.02 Å². The summed E-state index contributed by atoms with van der Waals surface area (Å²) >= 11 is 7.67. The van der Waals surface area contributed by atoms with Gasteiger partial charge in [0.1, 0.15) is 0 Å². The summed E-state index contributed by atoms with van der Waals surface area (Å²) in [5, 5.41) is 3.79. The van der Waals surface area contributed by atoms with Crippen LogP contribution in [0, 0.1) is 0 Å². The summed E-state index contributed by atoms with van der Waals surface area (Å²) in [7, 11) is 0. The van der Waals surface area contributed by atoms with E-state index in [4.69, 9.17) is 11.6 Å². The van der Waals surface area contributed by atoms with Crippen molar-refractivity contribution in [2.45, 2.75) is 36.3 Å². The van der Waals surface area contributed by atoms with Gasteiger partial charge in [-0.2, -0.15) is 0 Å². The Morgan fingerprint density at radius 3 is 2.41 bits per heavy atom. The predicted molar refractivity (Wildman–Crippen MR) is 115 cm³/mol. The van der Waals surface area contributed by atoms with Crippen molar-refractivity contribution in [3.05, 3.63) is 64.7 Å². The van der Waals surface area contributed by atoms with Crippen LogP contribution in [0.5, 0.6) is 0 Å². The van der Waals surface area contributed by atoms with Crippen molar-refractivity contribution in [1.82, 2.24) is 10.2 Å². The van der Waals surface area contributed by atoms with E-state index in [-0.39, 0.29) is 5.91 Å². The lowest BCUT2D eigenvalue weighted by molar-refractivity contribution is 0.0951. The number of halogens is 1. The summed E-state index contributed by atoms with van der Waals surface area (Å²) in [4.78, 5) is 16.0. The first-order valence-corrected chi connectivity index (χ1v) is 11.0. The van der Waals surface area contributed by atoms with E-state index in [1.165, 1.54) is 42.8 Å². The van der Waals surface area contributed by atoms with Crippen LogP contribution in [0.15, 0.2) is 53.4 Å². The van der Waals surface area contributed by atoms with Gasteiger partial charge in [0.25, 0.3) is 5.91 Å². The maximum Gasteiger partial charge on any atom is 0.251 e. The van der Waals surface area contributed by atoms with Crippen LogP contribution in [-0.4, -0.2) is 37.0 Å². The molecule has 0 aliphatic carbocycles. The summed E-state index contributed by atoms with van der Waals surface area (Å²) in [6.45, 7) is 4.25. The molecule has 1 aliphatic heterocycles. The van der Waals surface area contributed by atoms with Crippen LogP contribution in [0.1, 0.15) is 41.6 Å². The second-order valence-electron chi connectivity index (χ2n) is 6.95. The number of piperidine rings is 1. The Labute approximate surface area is 171 Å². The highest BCUT2D eigenvalue weighted by molar-refractivity contribution is 7.98. The van der Waals surface area contributed by atoms with E-state index in [1.54, 1.807) is 11.8 Å². The van der Waals surface area contributed by atoms with Gasteiger partial charge in [-0.25, -0.2) is 0 Å². The average molecular weight is 403 g/mol. The van der Waals surface area contributed by atoms with Gasteiger partial charge in [-0.15, -0.1) is 11.8 Å². The van der Waals surface area contributed by atoms with Crippen molar-refractivity contribution in [3.63, 3.8) is 0 Å². The van der Waals surface area contributed by atoms with E-state index in [1.807, 2.05) is 48.5 Å². The van der Waals surface area contributed by atoms with Crippen LogP contribution in [0.25, 0.3) is 0 Å². The first-order chi connectivity index (χ1) is 13.2. The first-order valence-electron chi connectivity index (χ1n) is 9.68. The standard InChI is InChI=1S/C22H27ClN2OS/c23-20-9-11-21(12-10-20)27-17-18-5-7-19(8-6-18)22(26)24-13-4-16-25-14-2-1-3-15-25/h5-12H,1-4,13-17H2,(H,24,26). The fraction of sp³-hybridized carbons (Fsp3) is 0.409. The molecule has 144 valence electrons. The molecule has 0 spiro atoms. The fourth-order valence-corrected chi connectivity index (χ4v) is 4.22. The van der Waals surface area contributed by atoms with E-state index in [0.717, 1.165) is 35.8 Å². The predicted octanol–water partition coefficient (Wildman–Crippen LogP) is 5.24. The number of thioether (sulfide) groups is 1. The third-order valence-corrected chi connectivity index (χ3v) is 6.16. The third-order valence-electron chi connectivity index (χ3n) is 4.82. The van der Waals surface area contributed by atoms with Crippen LogP contribution in [-0.2, 0) is 5.75 Å². The summed E-state index contributed by atoms with van der Waals surface area (Å²) in [5.41, 5.74) is 1.94. The number of nitrogens with zero attached hydrogens (tertiary/aromatic N) is 1. The van der Waals surface area contributed by atoms with Gasteiger partial charge in [0, 0.05) is 27.8 Å². The number of hydrogen-bond donors (Lipinski definition) is 1. The lowest BCUT2D eigenvalue weighted by Crippen LogP contribution is -2.33. The molecule has 1 N–H and O–H groups in total. The van der Waals surface area contributed by atoms with Gasteiger partial charge in [0.05, 0.1) is 0 Å². The summed E-state index contributed by atoms with van der Waals surface area (Å²) < 4.78 is 0. The summed E-state index contributed by atoms with van der Waals surface area (Å²) in [5.74, 6) is 0.893. The first kappa shape index (κ1) is 20.2. The van der Waals surface area contributed by atoms with E-state index in [9.17, 15) is 4.79 Å². The molecule has 5 heteroatoms. The van der Waals surface area contributed by atoms with Crippen LogP contribution < -0.4 is 5.32 Å². The molecule has 0 radical (unpaired) electrons. The Kier molecular flexibility index (Phi) is 8.06. The molecule has 2 aromatic rings. The molecule has 0 bridgehead atoms. The summed E-state index contributed by atoms with van der Waals surface area (Å²) in [6, 6.07) is 15.8. The van der Waals surface area contributed by atoms with Gasteiger partial charge in [-0.1, -0.05) is 30.2 Å². The number of amides is 1. The molecule has 0 atom stereocenters. The number of carbonyl (C=O) groups excluding carboxylic acids is 1. The van der Waals surface area contributed by atoms with Crippen LogP contribution in [0.3, 0.4) is 0 Å². The molecular formula is C22H27ClN2OS. The normalized spacial score (nSPS) is 14.9. The minimum absolute atomic E-state index is 0.0190. The maximum absolute atomic E-state index is 12.3. The Morgan fingerprint density at radius 1 is 1.00 bits per heavy atom. The lowest BCUT2D eigenvalue weighted by atomic mass is 10.1. The molecule has 0 unspecified atom stereocenters. The highest BCUT2D eigenvalue weighted by Gasteiger charge is 2.10. The van der Waals surface area contributed by atoms with Crippen molar-refractivity contribution >= 4 is 29.3 Å². The van der Waals surface area contributed by atoms with Crippen molar-refractivity contribution in [3.8, 4) is 0 Å². The van der Waals surface area contributed by atoms with Crippen molar-refractivity contribution in [1.29, 1.82) is 0 Å². The smallest absolute Gasteiger partial charge is 0.251 e. The summed E-state index contributed by atoms with van der Waals surface area (Å²) in [6.07, 6.45) is 5.01. The van der Waals surface area contributed by atoms with E-state index in [0.29, 0.717) is 0 Å². The van der Waals surface area contributed by atoms with Crippen LogP contribution in [0.4, 0.5) is 0 Å². The number of nitrogens with one attached hydrogen (secondary N) is 1. The van der Waals surface area contributed by atoms with E-state index >= 15 is 0 Å². The Hall–Kier alpha value is -1.49. The molecule has 1 saturated heterocycles. The molecule has 27 heavy (non-hydrogen) atoms. The lowest BCUT2D eigenvalue weighted by Gasteiger charge is -2.26. The van der Waals surface area contributed by atoms with Gasteiger partial charge in [-0.05, 0) is 80.9 Å². The van der Waals surface area contributed by atoms with Gasteiger partial charge in [0.2, 0.25) is 0 Å². The van der Waals surface area contributed by atoms with Gasteiger partial charge in [0.15, 0.2) is 0 Å². The fourth-order valence-electron chi connectivity index (χ4n) is 3.24. The number of rotatable bonds is 8. The molecule has 1 aliphatic rings. The molecule has 1 amide bonds. The van der Waals surface area contributed by atoms with Crippen molar-refractivity contribution in [2.75, 3.05) is 26.2 Å². The van der Waals surface area contributed by atoms with Crippen LogP contribution >= 0.6 is 23.4 Å². The van der Waals surface area contributed by atoms with Crippen molar-refractivity contribution < 1.29 is 4.79 Å². The van der Waals surface area contributed by atoms with Gasteiger partial charge >= 0.3 is 0 Å². The Morgan fingerprint density at radius 2 is 1.70 bits per heavy atom. The minimum Gasteiger partial charge on any atom is -0.352 e. The highest BCUT2D eigenvalue weighted by atomic mass is 35.5. The SMILES string of the molecule is O=C(NCCCN1CCCCC1)c1ccc(CSc2ccc(Cl)cc2)cc1.